The molecule has 6 nitrogen and oxygen atoms in total. The molecule has 0 fully saturated rings. The maximum Gasteiger partial charge on any atom is 0.193 e. The van der Waals surface area contributed by atoms with E-state index in [1.54, 1.807) is 0 Å². The third-order valence-corrected chi connectivity index (χ3v) is 4.01. The van der Waals surface area contributed by atoms with Gasteiger partial charge < -0.3 is 24.8 Å². The van der Waals surface area contributed by atoms with Gasteiger partial charge in [-0.3, -0.25) is 4.99 Å². The fraction of sp³-hybridized carbons (Fsp3) is 0.409. The first kappa shape index (κ1) is 25.2. The summed E-state index contributed by atoms with van der Waals surface area (Å²) in [6, 6.07) is 19.6. The van der Waals surface area contributed by atoms with Gasteiger partial charge in [-0.2, -0.15) is 0 Å². The summed E-state index contributed by atoms with van der Waals surface area (Å²) in [5.74, 6) is 1.59. The number of aliphatic hydroxyl groups excluding tert-OH is 1. The summed E-state index contributed by atoms with van der Waals surface area (Å²) in [7, 11) is 1.95. The molecule has 1 atom stereocenters. The fourth-order valence-corrected chi connectivity index (χ4v) is 2.52. The van der Waals surface area contributed by atoms with E-state index in [0.29, 0.717) is 19.8 Å². The Balaban J connectivity index is 0.00000420. The second kappa shape index (κ2) is 15.1. The van der Waals surface area contributed by atoms with Crippen LogP contribution in [0, 0.1) is 0 Å². The lowest BCUT2D eigenvalue weighted by Gasteiger charge is -2.22. The van der Waals surface area contributed by atoms with Crippen molar-refractivity contribution in [1.82, 2.24) is 10.2 Å². The van der Waals surface area contributed by atoms with Gasteiger partial charge in [-0.05, 0) is 24.6 Å². The molecule has 2 aromatic rings. The van der Waals surface area contributed by atoms with E-state index in [0.717, 1.165) is 23.8 Å². The molecule has 0 saturated heterocycles. The Bertz CT molecular complexity index is 686. The smallest absolute Gasteiger partial charge is 0.193 e. The molecule has 0 amide bonds. The molecule has 7 heteroatoms. The molecule has 1 unspecified atom stereocenters. The van der Waals surface area contributed by atoms with E-state index in [2.05, 4.69) is 10.3 Å². The number of hydrogen-bond donors (Lipinski definition) is 2. The van der Waals surface area contributed by atoms with Crippen molar-refractivity contribution in [1.29, 1.82) is 0 Å². The second-order valence-electron chi connectivity index (χ2n) is 6.43. The van der Waals surface area contributed by atoms with Crippen LogP contribution in [0.3, 0.4) is 0 Å². The van der Waals surface area contributed by atoms with Crippen molar-refractivity contribution in [2.45, 2.75) is 19.6 Å². The van der Waals surface area contributed by atoms with Crippen LogP contribution in [-0.2, 0) is 11.3 Å². The van der Waals surface area contributed by atoms with Crippen LogP contribution in [0.1, 0.15) is 12.5 Å². The Morgan fingerprint density at radius 2 is 1.76 bits per heavy atom. The van der Waals surface area contributed by atoms with Crippen molar-refractivity contribution in [3.05, 3.63) is 66.2 Å². The van der Waals surface area contributed by atoms with E-state index in [9.17, 15) is 5.11 Å². The van der Waals surface area contributed by atoms with Crippen LogP contribution in [0.25, 0.3) is 0 Å². The first-order valence-corrected chi connectivity index (χ1v) is 9.66. The summed E-state index contributed by atoms with van der Waals surface area (Å²) in [6.45, 7) is 5.01. The Labute approximate surface area is 191 Å². The third-order valence-electron chi connectivity index (χ3n) is 4.01. The van der Waals surface area contributed by atoms with Gasteiger partial charge in [0.1, 0.15) is 12.4 Å². The van der Waals surface area contributed by atoms with Crippen molar-refractivity contribution >= 4 is 29.9 Å². The number of nitrogens with zero attached hydrogens (tertiary/aromatic N) is 2. The first-order chi connectivity index (χ1) is 13.7. The number of para-hydroxylation sites is 1. The maximum atomic E-state index is 10.1. The highest BCUT2D eigenvalue weighted by Gasteiger charge is 2.09. The van der Waals surface area contributed by atoms with E-state index in [1.807, 2.05) is 79.5 Å². The largest absolute Gasteiger partial charge is 0.492 e. The standard InChI is InChI=1S/C22H31N3O3.HI/c1-3-23-22(25(2)14-15-28-21-12-8-5-9-13-21)24-16-20(26)18-27-17-19-10-6-4-7-11-19;/h4-13,20,26H,3,14-18H2,1-2H3,(H,23,24);1H. The minimum atomic E-state index is -0.647. The van der Waals surface area contributed by atoms with Crippen LogP contribution in [0.2, 0.25) is 0 Å². The summed E-state index contributed by atoms with van der Waals surface area (Å²) in [5.41, 5.74) is 1.09. The number of aliphatic imine (C=N–C) groups is 1. The van der Waals surface area contributed by atoms with Crippen LogP contribution in [0.15, 0.2) is 65.7 Å². The lowest BCUT2D eigenvalue weighted by atomic mass is 10.2. The van der Waals surface area contributed by atoms with Gasteiger partial charge in [0.05, 0.1) is 32.4 Å². The SMILES string of the molecule is CCNC(=NCC(O)COCc1ccccc1)N(C)CCOc1ccccc1.I. The molecule has 29 heavy (non-hydrogen) atoms. The average molecular weight is 513 g/mol. The number of aliphatic hydroxyl groups is 1. The number of hydrogen-bond acceptors (Lipinski definition) is 4. The van der Waals surface area contributed by atoms with Crippen molar-refractivity contribution in [2.24, 2.45) is 4.99 Å². The quantitative estimate of drug-likeness (QED) is 0.275. The van der Waals surface area contributed by atoms with Gasteiger partial charge in [-0.25, -0.2) is 0 Å². The van der Waals surface area contributed by atoms with Gasteiger partial charge in [0.15, 0.2) is 5.96 Å². The highest BCUT2D eigenvalue weighted by Crippen LogP contribution is 2.07. The first-order valence-electron chi connectivity index (χ1n) is 9.66. The summed E-state index contributed by atoms with van der Waals surface area (Å²) in [5, 5.41) is 13.4. The lowest BCUT2D eigenvalue weighted by molar-refractivity contribution is 0.0330. The minimum absolute atomic E-state index is 0. The van der Waals surface area contributed by atoms with E-state index in [4.69, 9.17) is 9.47 Å². The average Bonchev–Trinajstić information content (AvgIpc) is 2.72. The summed E-state index contributed by atoms with van der Waals surface area (Å²) in [6.07, 6.45) is -0.647. The molecule has 0 aliphatic heterocycles. The van der Waals surface area contributed by atoms with Crippen molar-refractivity contribution in [3.8, 4) is 5.75 Å². The Kier molecular flexibility index (Phi) is 13.1. The lowest BCUT2D eigenvalue weighted by Crippen LogP contribution is -2.41. The molecule has 160 valence electrons. The number of guanidine groups is 1. The van der Waals surface area contributed by atoms with Gasteiger partial charge in [-0.1, -0.05) is 48.5 Å². The molecule has 0 aliphatic carbocycles. The Morgan fingerprint density at radius 1 is 1.10 bits per heavy atom. The van der Waals surface area contributed by atoms with Crippen LogP contribution in [-0.4, -0.2) is 62.0 Å². The maximum absolute atomic E-state index is 10.1. The normalized spacial score (nSPS) is 12.0. The number of rotatable bonds is 11. The molecule has 0 bridgehead atoms. The molecule has 0 saturated carbocycles. The van der Waals surface area contributed by atoms with Crippen LogP contribution in [0.4, 0.5) is 0 Å². The number of benzene rings is 2. The molecule has 0 aliphatic rings. The van der Waals surface area contributed by atoms with Gasteiger partial charge in [0, 0.05) is 13.6 Å². The topological polar surface area (TPSA) is 66.3 Å². The number of nitrogens with one attached hydrogen (secondary N) is 1. The molecule has 2 N–H and O–H groups in total. The highest BCUT2D eigenvalue weighted by atomic mass is 127. The third kappa shape index (κ3) is 10.5. The van der Waals surface area contributed by atoms with Crippen molar-refractivity contribution in [3.63, 3.8) is 0 Å². The van der Waals surface area contributed by atoms with Gasteiger partial charge in [0.2, 0.25) is 0 Å². The molecule has 2 aromatic carbocycles. The molecule has 2 rings (SSSR count). The van der Waals surface area contributed by atoms with Gasteiger partial charge >= 0.3 is 0 Å². The zero-order valence-corrected chi connectivity index (χ0v) is 19.5. The monoisotopic (exact) mass is 513 g/mol. The molecular weight excluding hydrogens is 481 g/mol. The molecule has 0 radical (unpaired) electrons. The van der Waals surface area contributed by atoms with E-state index < -0.39 is 6.10 Å². The molecular formula is C22H32IN3O3. The predicted molar refractivity (Wildman–Crippen MR) is 128 cm³/mol. The summed E-state index contributed by atoms with van der Waals surface area (Å²) < 4.78 is 11.3. The van der Waals surface area contributed by atoms with E-state index in [-0.39, 0.29) is 37.1 Å². The van der Waals surface area contributed by atoms with Crippen LogP contribution < -0.4 is 10.1 Å². The number of halogens is 1. The molecule has 0 aromatic heterocycles. The van der Waals surface area contributed by atoms with Gasteiger partial charge in [-0.15, -0.1) is 24.0 Å². The second-order valence-corrected chi connectivity index (χ2v) is 6.43. The van der Waals surface area contributed by atoms with E-state index in [1.165, 1.54) is 0 Å². The Hall–Kier alpha value is -1.84. The minimum Gasteiger partial charge on any atom is -0.492 e. The van der Waals surface area contributed by atoms with Gasteiger partial charge in [0.25, 0.3) is 0 Å². The molecule has 0 heterocycles. The zero-order chi connectivity index (χ0) is 20.0. The van der Waals surface area contributed by atoms with Crippen LogP contribution in [0.5, 0.6) is 5.75 Å². The Morgan fingerprint density at radius 3 is 2.41 bits per heavy atom. The number of likely N-dealkylation sites (N-methyl/N-ethyl adjacent to an activating group) is 1. The number of ether oxygens (including phenoxy) is 2. The summed E-state index contributed by atoms with van der Waals surface area (Å²) >= 11 is 0. The van der Waals surface area contributed by atoms with E-state index >= 15 is 0 Å². The fourth-order valence-electron chi connectivity index (χ4n) is 2.52. The van der Waals surface area contributed by atoms with Crippen molar-refractivity contribution in [2.75, 3.05) is 39.9 Å². The summed E-state index contributed by atoms with van der Waals surface area (Å²) in [4.78, 5) is 6.50. The predicted octanol–water partition coefficient (Wildman–Crippen LogP) is 3.16. The highest BCUT2D eigenvalue weighted by molar-refractivity contribution is 14.0. The zero-order valence-electron chi connectivity index (χ0n) is 17.2. The van der Waals surface area contributed by atoms with Crippen LogP contribution >= 0.6 is 24.0 Å². The van der Waals surface area contributed by atoms with Crippen molar-refractivity contribution < 1.29 is 14.6 Å². The molecule has 0 spiro atoms.